The largest absolute Gasteiger partial charge is 0.497 e. The van der Waals surface area contributed by atoms with E-state index in [0.29, 0.717) is 18.8 Å². The minimum Gasteiger partial charge on any atom is -0.497 e. The zero-order chi connectivity index (χ0) is 25.4. The molecule has 0 atom stereocenters. The van der Waals surface area contributed by atoms with E-state index in [9.17, 15) is 4.79 Å². The minimum atomic E-state index is -0.0218. The van der Waals surface area contributed by atoms with Crippen LogP contribution in [0.2, 0.25) is 0 Å². The van der Waals surface area contributed by atoms with E-state index in [1.807, 2.05) is 77.3 Å². The van der Waals surface area contributed by atoms with Crippen LogP contribution in [0.5, 0.6) is 17.2 Å². The SMILES string of the molecule is COc1ccc(-n2nc(-c3cccn3C)cc2C(=O)N2CCN(Cc3ccc4c(c3)OCO4)CC2)cc1. The highest BCUT2D eigenvalue weighted by atomic mass is 16.7. The second-order valence-electron chi connectivity index (χ2n) is 9.28. The van der Waals surface area contributed by atoms with Crippen molar-refractivity contribution in [3.8, 4) is 34.3 Å². The Kier molecular flexibility index (Phi) is 6.05. The third-order valence-electron chi connectivity index (χ3n) is 6.95. The number of fused-ring (bicyclic) bond motifs is 1. The Labute approximate surface area is 215 Å². The van der Waals surface area contributed by atoms with Gasteiger partial charge in [0.05, 0.1) is 18.5 Å². The Hall–Kier alpha value is -4.24. The van der Waals surface area contributed by atoms with Crippen molar-refractivity contribution >= 4 is 5.91 Å². The van der Waals surface area contributed by atoms with Crippen molar-refractivity contribution < 1.29 is 19.0 Å². The topological polar surface area (TPSA) is 74.0 Å². The number of carbonyl (C=O) groups is 1. The van der Waals surface area contributed by atoms with E-state index >= 15 is 0 Å². The number of piperazine rings is 1. The molecule has 4 heterocycles. The summed E-state index contributed by atoms with van der Waals surface area (Å²) in [4.78, 5) is 18.0. The molecule has 0 spiro atoms. The number of nitrogens with zero attached hydrogens (tertiary/aromatic N) is 5. The van der Waals surface area contributed by atoms with Gasteiger partial charge in [0.15, 0.2) is 11.5 Å². The normalized spacial score (nSPS) is 15.2. The van der Waals surface area contributed by atoms with E-state index < -0.39 is 0 Å². The van der Waals surface area contributed by atoms with Crippen LogP contribution in [-0.4, -0.2) is 70.1 Å². The molecule has 190 valence electrons. The number of methoxy groups -OCH3 is 1. The van der Waals surface area contributed by atoms with Gasteiger partial charge in [0.1, 0.15) is 17.1 Å². The third-order valence-corrected chi connectivity index (χ3v) is 6.95. The van der Waals surface area contributed by atoms with Gasteiger partial charge in [-0.25, -0.2) is 4.68 Å². The van der Waals surface area contributed by atoms with Gasteiger partial charge in [0, 0.05) is 46.0 Å². The van der Waals surface area contributed by atoms with Gasteiger partial charge in [-0.2, -0.15) is 5.10 Å². The number of aromatic nitrogens is 3. The lowest BCUT2D eigenvalue weighted by atomic mass is 10.1. The smallest absolute Gasteiger partial charge is 0.272 e. The first-order chi connectivity index (χ1) is 18.1. The van der Waals surface area contributed by atoms with Gasteiger partial charge in [-0.3, -0.25) is 9.69 Å². The molecule has 1 amide bonds. The molecule has 9 heteroatoms. The Balaban J connectivity index is 1.20. The van der Waals surface area contributed by atoms with Crippen LogP contribution in [0.4, 0.5) is 0 Å². The number of hydrogen-bond acceptors (Lipinski definition) is 6. The van der Waals surface area contributed by atoms with Crippen LogP contribution in [-0.2, 0) is 13.6 Å². The lowest BCUT2D eigenvalue weighted by Crippen LogP contribution is -2.48. The van der Waals surface area contributed by atoms with Crippen molar-refractivity contribution in [1.29, 1.82) is 0 Å². The molecule has 37 heavy (non-hydrogen) atoms. The summed E-state index contributed by atoms with van der Waals surface area (Å²) in [6.45, 7) is 3.97. The van der Waals surface area contributed by atoms with E-state index in [0.717, 1.165) is 54.0 Å². The summed E-state index contributed by atoms with van der Waals surface area (Å²) in [7, 11) is 3.61. The summed E-state index contributed by atoms with van der Waals surface area (Å²) < 4.78 is 20.0. The molecule has 0 bridgehead atoms. The Bertz CT molecular complexity index is 1420. The molecule has 1 saturated heterocycles. The Morgan fingerprint density at radius 1 is 0.973 bits per heavy atom. The Morgan fingerprint density at radius 2 is 1.76 bits per heavy atom. The monoisotopic (exact) mass is 499 g/mol. The molecule has 2 aliphatic rings. The average molecular weight is 500 g/mol. The fourth-order valence-electron chi connectivity index (χ4n) is 4.87. The van der Waals surface area contributed by atoms with Crippen LogP contribution in [0.1, 0.15) is 16.1 Å². The van der Waals surface area contributed by atoms with Gasteiger partial charge < -0.3 is 23.7 Å². The van der Waals surface area contributed by atoms with E-state index in [-0.39, 0.29) is 12.7 Å². The van der Waals surface area contributed by atoms with E-state index in [4.69, 9.17) is 19.3 Å². The molecule has 0 unspecified atom stereocenters. The van der Waals surface area contributed by atoms with Crippen LogP contribution in [0.25, 0.3) is 17.1 Å². The molecule has 0 saturated carbocycles. The van der Waals surface area contributed by atoms with Gasteiger partial charge in [-0.05, 0) is 60.2 Å². The number of rotatable bonds is 6. The number of carbonyl (C=O) groups excluding carboxylic acids is 1. The fraction of sp³-hybridized carbons (Fsp3) is 0.286. The van der Waals surface area contributed by atoms with Crippen LogP contribution in [0, 0.1) is 0 Å². The predicted molar refractivity (Wildman–Crippen MR) is 138 cm³/mol. The summed E-state index contributed by atoms with van der Waals surface area (Å²) >= 11 is 0. The van der Waals surface area contributed by atoms with Crippen LogP contribution in [0.15, 0.2) is 66.9 Å². The molecular formula is C28H29N5O4. The first-order valence-electron chi connectivity index (χ1n) is 12.4. The average Bonchev–Trinajstić information content (AvgIpc) is 3.68. The fourth-order valence-corrected chi connectivity index (χ4v) is 4.87. The zero-order valence-electron chi connectivity index (χ0n) is 21.0. The van der Waals surface area contributed by atoms with E-state index in [2.05, 4.69) is 11.0 Å². The maximum absolute atomic E-state index is 13.8. The van der Waals surface area contributed by atoms with Crippen LogP contribution < -0.4 is 14.2 Å². The number of amides is 1. The second kappa shape index (κ2) is 9.67. The second-order valence-corrected chi connectivity index (χ2v) is 9.28. The molecule has 2 aliphatic heterocycles. The van der Waals surface area contributed by atoms with Gasteiger partial charge in [0.2, 0.25) is 6.79 Å². The number of aryl methyl sites for hydroxylation is 1. The summed E-state index contributed by atoms with van der Waals surface area (Å²) in [6.07, 6.45) is 1.97. The first kappa shape index (κ1) is 23.2. The molecular weight excluding hydrogens is 470 g/mol. The molecule has 2 aromatic carbocycles. The van der Waals surface area contributed by atoms with E-state index in [1.54, 1.807) is 11.8 Å². The predicted octanol–water partition coefficient (Wildman–Crippen LogP) is 3.57. The highest BCUT2D eigenvalue weighted by Gasteiger charge is 2.27. The van der Waals surface area contributed by atoms with Crippen molar-refractivity contribution in [2.24, 2.45) is 7.05 Å². The molecule has 1 fully saturated rings. The minimum absolute atomic E-state index is 0.0218. The summed E-state index contributed by atoms with van der Waals surface area (Å²) in [5.41, 5.74) is 4.24. The van der Waals surface area contributed by atoms with Crippen LogP contribution in [0.3, 0.4) is 0 Å². The van der Waals surface area contributed by atoms with Crippen LogP contribution >= 0.6 is 0 Å². The highest BCUT2D eigenvalue weighted by molar-refractivity contribution is 5.94. The van der Waals surface area contributed by atoms with E-state index in [1.165, 1.54) is 5.56 Å². The van der Waals surface area contributed by atoms with Crippen molar-refractivity contribution in [1.82, 2.24) is 24.1 Å². The number of ether oxygens (including phenoxy) is 3. The molecule has 0 radical (unpaired) electrons. The summed E-state index contributed by atoms with van der Waals surface area (Å²) in [5, 5.41) is 4.83. The first-order valence-corrected chi connectivity index (χ1v) is 12.4. The molecule has 9 nitrogen and oxygen atoms in total. The van der Waals surface area contributed by atoms with Gasteiger partial charge in [-0.1, -0.05) is 6.07 Å². The maximum Gasteiger partial charge on any atom is 0.272 e. The lowest BCUT2D eigenvalue weighted by Gasteiger charge is -2.34. The molecule has 0 aliphatic carbocycles. The van der Waals surface area contributed by atoms with Crippen molar-refractivity contribution in [2.75, 3.05) is 40.1 Å². The maximum atomic E-state index is 13.8. The molecule has 0 N–H and O–H groups in total. The standard InChI is InChI=1S/C28H29N5O4/c1-30-11-3-4-24(30)23-17-25(33(29-23)21-6-8-22(35-2)9-7-21)28(34)32-14-12-31(13-15-32)18-20-5-10-26-27(16-20)37-19-36-26/h3-11,16-17H,12-15,18-19H2,1-2H3. The summed E-state index contributed by atoms with van der Waals surface area (Å²) in [5.74, 6) is 2.33. The highest BCUT2D eigenvalue weighted by Crippen LogP contribution is 2.33. The molecule has 6 rings (SSSR count). The lowest BCUT2D eigenvalue weighted by molar-refractivity contribution is 0.0619. The van der Waals surface area contributed by atoms with Gasteiger partial charge >= 0.3 is 0 Å². The summed E-state index contributed by atoms with van der Waals surface area (Å²) in [6, 6.07) is 19.5. The Morgan fingerprint density at radius 3 is 2.49 bits per heavy atom. The number of benzene rings is 2. The molecule has 2 aromatic heterocycles. The van der Waals surface area contributed by atoms with Gasteiger partial charge in [-0.15, -0.1) is 0 Å². The zero-order valence-corrected chi connectivity index (χ0v) is 21.0. The van der Waals surface area contributed by atoms with Crippen molar-refractivity contribution in [3.63, 3.8) is 0 Å². The third kappa shape index (κ3) is 4.53. The van der Waals surface area contributed by atoms with Crippen molar-refractivity contribution in [3.05, 3.63) is 78.1 Å². The quantitative estimate of drug-likeness (QED) is 0.404. The van der Waals surface area contributed by atoms with Crippen molar-refractivity contribution in [2.45, 2.75) is 6.54 Å². The molecule has 4 aromatic rings. The number of hydrogen-bond donors (Lipinski definition) is 0. The van der Waals surface area contributed by atoms with Gasteiger partial charge in [0.25, 0.3) is 5.91 Å².